The van der Waals surface area contributed by atoms with Crippen LogP contribution in [-0.2, 0) is 20.9 Å². The van der Waals surface area contributed by atoms with Crippen LogP contribution in [-0.4, -0.2) is 43.7 Å². The average molecular weight is 331 g/mol. The Morgan fingerprint density at radius 1 is 1.29 bits per heavy atom. The van der Waals surface area contributed by atoms with Gasteiger partial charge in [-0.1, -0.05) is 18.2 Å². The van der Waals surface area contributed by atoms with Gasteiger partial charge in [0, 0.05) is 12.1 Å². The van der Waals surface area contributed by atoms with Gasteiger partial charge in [-0.25, -0.2) is 4.79 Å². The van der Waals surface area contributed by atoms with Crippen molar-refractivity contribution in [2.24, 2.45) is 4.99 Å². The van der Waals surface area contributed by atoms with Crippen LogP contribution in [0.1, 0.15) is 12.0 Å². The van der Waals surface area contributed by atoms with Gasteiger partial charge in [-0.3, -0.25) is 4.99 Å². The van der Waals surface area contributed by atoms with Crippen molar-refractivity contribution in [2.75, 3.05) is 26.9 Å². The van der Waals surface area contributed by atoms with Crippen LogP contribution < -0.4 is 4.74 Å². The summed E-state index contributed by atoms with van der Waals surface area (Å²) in [5, 5.41) is 8.61. The fourth-order valence-corrected chi connectivity index (χ4v) is 2.09. The zero-order chi connectivity index (χ0) is 17.2. The number of allylic oxidation sites excluding steroid dienone is 4. The summed E-state index contributed by atoms with van der Waals surface area (Å²) in [4.78, 5) is 14.9. The Bertz CT molecular complexity index is 631. The van der Waals surface area contributed by atoms with E-state index in [1.165, 1.54) is 0 Å². The van der Waals surface area contributed by atoms with Gasteiger partial charge in [-0.05, 0) is 29.8 Å². The van der Waals surface area contributed by atoms with Gasteiger partial charge in [-0.15, -0.1) is 0 Å². The maximum Gasteiger partial charge on any atom is 0.341 e. The van der Waals surface area contributed by atoms with E-state index >= 15 is 0 Å². The predicted octanol–water partition coefficient (Wildman–Crippen LogP) is 2.60. The minimum absolute atomic E-state index is 0.335. The molecular weight excluding hydrogens is 310 g/mol. The van der Waals surface area contributed by atoms with Crippen LogP contribution in [0.3, 0.4) is 0 Å². The molecule has 1 N–H and O–H groups in total. The second-order valence-electron chi connectivity index (χ2n) is 5.13. The normalized spacial score (nSPS) is 15.2. The molecule has 0 fully saturated rings. The van der Waals surface area contributed by atoms with Gasteiger partial charge in [0.2, 0.25) is 0 Å². The molecule has 1 aliphatic carbocycles. The number of hydrogen-bond acceptors (Lipinski definition) is 5. The molecule has 0 heterocycles. The number of carboxylic acid groups (broad SMARTS) is 1. The SMILES string of the molecule is COc1ccc(COCCN=C2C=CC=C(OCC(=O)O)C2)cc1. The molecule has 0 aliphatic heterocycles. The molecule has 0 saturated heterocycles. The van der Waals surface area contributed by atoms with E-state index in [4.69, 9.17) is 19.3 Å². The topological polar surface area (TPSA) is 77.3 Å². The molecular formula is C18H21NO5. The molecule has 0 atom stereocenters. The van der Waals surface area contributed by atoms with Gasteiger partial charge < -0.3 is 19.3 Å². The van der Waals surface area contributed by atoms with Crippen LogP contribution in [0.25, 0.3) is 0 Å². The fraction of sp³-hybridized carbons (Fsp3) is 0.333. The lowest BCUT2D eigenvalue weighted by molar-refractivity contribution is -0.140. The predicted molar refractivity (Wildman–Crippen MR) is 90.4 cm³/mol. The molecule has 128 valence electrons. The highest BCUT2D eigenvalue weighted by molar-refractivity contribution is 5.97. The molecule has 0 unspecified atom stereocenters. The van der Waals surface area contributed by atoms with Gasteiger partial charge in [0.15, 0.2) is 6.61 Å². The molecule has 0 amide bonds. The Morgan fingerprint density at radius 2 is 2.08 bits per heavy atom. The first kappa shape index (κ1) is 17.7. The summed E-state index contributed by atoms with van der Waals surface area (Å²) in [6.07, 6.45) is 5.94. The van der Waals surface area contributed by atoms with Crippen LogP contribution in [0.15, 0.2) is 53.2 Å². The minimum Gasteiger partial charge on any atom is -0.497 e. The van der Waals surface area contributed by atoms with Gasteiger partial charge in [0.25, 0.3) is 0 Å². The average Bonchev–Trinajstić information content (AvgIpc) is 2.60. The molecule has 0 spiro atoms. The molecule has 0 saturated carbocycles. The first-order valence-electron chi connectivity index (χ1n) is 7.63. The quantitative estimate of drug-likeness (QED) is 0.704. The fourth-order valence-electron chi connectivity index (χ4n) is 2.09. The molecule has 1 aromatic carbocycles. The summed E-state index contributed by atoms with van der Waals surface area (Å²) in [7, 11) is 1.64. The van der Waals surface area contributed by atoms with E-state index < -0.39 is 5.97 Å². The monoisotopic (exact) mass is 331 g/mol. The number of carbonyl (C=O) groups is 1. The van der Waals surface area contributed by atoms with Crippen LogP contribution in [0.5, 0.6) is 5.75 Å². The number of benzene rings is 1. The number of carboxylic acids is 1. The van der Waals surface area contributed by atoms with E-state index in [-0.39, 0.29) is 6.61 Å². The summed E-state index contributed by atoms with van der Waals surface area (Å²) >= 11 is 0. The maximum atomic E-state index is 10.5. The Hall–Kier alpha value is -2.60. The molecule has 6 heteroatoms. The number of hydrogen-bond donors (Lipinski definition) is 1. The Kier molecular flexibility index (Phi) is 7.04. The van der Waals surface area contributed by atoms with Gasteiger partial charge >= 0.3 is 5.97 Å². The maximum absolute atomic E-state index is 10.5. The molecule has 0 aromatic heterocycles. The Balaban J connectivity index is 1.67. The standard InChI is InChI=1S/C18H21NO5/c1-22-16-7-5-14(6-8-16)12-23-10-9-19-15-3-2-4-17(11-15)24-13-18(20)21/h2-8H,9-13H2,1H3,(H,20,21). The lowest BCUT2D eigenvalue weighted by Gasteiger charge is -2.11. The molecule has 0 radical (unpaired) electrons. The molecule has 1 aliphatic rings. The van der Waals surface area contributed by atoms with Crippen LogP contribution in [0, 0.1) is 0 Å². The highest BCUT2D eigenvalue weighted by Gasteiger charge is 2.08. The van der Waals surface area contributed by atoms with Crippen molar-refractivity contribution in [3.8, 4) is 5.75 Å². The first-order valence-corrected chi connectivity index (χ1v) is 7.63. The lowest BCUT2D eigenvalue weighted by atomic mass is 10.1. The van der Waals surface area contributed by atoms with Crippen molar-refractivity contribution in [3.63, 3.8) is 0 Å². The second kappa shape index (κ2) is 9.52. The molecule has 0 bridgehead atoms. The molecule has 24 heavy (non-hydrogen) atoms. The smallest absolute Gasteiger partial charge is 0.341 e. The third kappa shape index (κ3) is 6.26. The lowest BCUT2D eigenvalue weighted by Crippen LogP contribution is -2.11. The Labute approximate surface area is 141 Å². The summed E-state index contributed by atoms with van der Waals surface area (Å²) in [5.41, 5.74) is 1.93. The Morgan fingerprint density at radius 3 is 2.79 bits per heavy atom. The number of methoxy groups -OCH3 is 1. The zero-order valence-corrected chi connectivity index (χ0v) is 13.6. The minimum atomic E-state index is -0.990. The number of rotatable bonds is 9. The molecule has 1 aromatic rings. The molecule has 2 rings (SSSR count). The van der Waals surface area contributed by atoms with Crippen molar-refractivity contribution >= 4 is 11.7 Å². The van der Waals surface area contributed by atoms with Crippen LogP contribution >= 0.6 is 0 Å². The van der Waals surface area contributed by atoms with Crippen molar-refractivity contribution in [3.05, 3.63) is 53.8 Å². The van der Waals surface area contributed by atoms with Crippen molar-refractivity contribution < 1.29 is 24.1 Å². The van der Waals surface area contributed by atoms with Crippen LogP contribution in [0.2, 0.25) is 0 Å². The zero-order valence-electron chi connectivity index (χ0n) is 13.6. The highest BCUT2D eigenvalue weighted by Crippen LogP contribution is 2.13. The number of aliphatic imine (C=N–C) groups is 1. The van der Waals surface area contributed by atoms with Gasteiger partial charge in [0.05, 0.1) is 26.9 Å². The van der Waals surface area contributed by atoms with Crippen molar-refractivity contribution in [2.45, 2.75) is 13.0 Å². The first-order chi connectivity index (χ1) is 11.7. The van der Waals surface area contributed by atoms with Crippen molar-refractivity contribution in [1.29, 1.82) is 0 Å². The summed E-state index contributed by atoms with van der Waals surface area (Å²) in [5.74, 6) is 0.442. The van der Waals surface area contributed by atoms with E-state index in [0.717, 1.165) is 17.0 Å². The van der Waals surface area contributed by atoms with Gasteiger partial charge in [0.1, 0.15) is 11.5 Å². The van der Waals surface area contributed by atoms with Crippen LogP contribution in [0.4, 0.5) is 0 Å². The van der Waals surface area contributed by atoms with E-state index in [2.05, 4.69) is 4.99 Å². The highest BCUT2D eigenvalue weighted by atomic mass is 16.5. The summed E-state index contributed by atoms with van der Waals surface area (Å²) in [6, 6.07) is 7.73. The number of aliphatic carboxylic acids is 1. The van der Waals surface area contributed by atoms with E-state index in [0.29, 0.717) is 31.9 Å². The third-order valence-electron chi connectivity index (χ3n) is 3.29. The van der Waals surface area contributed by atoms with E-state index in [1.54, 1.807) is 19.3 Å². The van der Waals surface area contributed by atoms with Gasteiger partial charge in [-0.2, -0.15) is 0 Å². The van der Waals surface area contributed by atoms with Crippen molar-refractivity contribution in [1.82, 2.24) is 0 Å². The number of nitrogens with zero attached hydrogens (tertiary/aromatic N) is 1. The van der Waals surface area contributed by atoms with E-state index in [9.17, 15) is 4.79 Å². The molecule has 6 nitrogen and oxygen atoms in total. The number of ether oxygens (including phenoxy) is 3. The third-order valence-corrected chi connectivity index (χ3v) is 3.29. The summed E-state index contributed by atoms with van der Waals surface area (Å²) < 4.78 is 15.9. The van der Waals surface area contributed by atoms with E-state index in [1.807, 2.05) is 30.3 Å². The summed E-state index contributed by atoms with van der Waals surface area (Å²) in [6.45, 7) is 1.25. The largest absolute Gasteiger partial charge is 0.497 e. The second-order valence-corrected chi connectivity index (χ2v) is 5.13.